The number of amides is 1. The molecule has 6 heteroatoms. The third-order valence-corrected chi connectivity index (χ3v) is 3.92. The number of nitrogens with one attached hydrogen (secondary N) is 1. The minimum atomic E-state index is -0.380. The lowest BCUT2D eigenvalue weighted by Crippen LogP contribution is -2.19. The average Bonchev–Trinajstić information content (AvgIpc) is 2.67. The second-order valence-electron chi connectivity index (χ2n) is 5.93. The maximum absolute atomic E-state index is 12.3. The molecule has 0 aliphatic rings. The maximum atomic E-state index is 12.3. The Morgan fingerprint density at radius 2 is 1.85 bits per heavy atom. The van der Waals surface area contributed by atoms with Crippen LogP contribution >= 0.6 is 0 Å². The van der Waals surface area contributed by atoms with Crippen molar-refractivity contribution in [2.75, 3.05) is 30.4 Å². The topological polar surface area (TPSA) is 71.5 Å². The lowest BCUT2D eigenvalue weighted by molar-refractivity contribution is 0.0526. The molecule has 0 atom stereocenters. The summed E-state index contributed by atoms with van der Waals surface area (Å²) in [6.45, 7) is 5.19. The summed E-state index contributed by atoms with van der Waals surface area (Å²) in [5.41, 5.74) is 2.36. The molecule has 1 aromatic carbocycles. The molecule has 0 saturated carbocycles. The van der Waals surface area contributed by atoms with Crippen LogP contribution in [-0.2, 0) is 4.74 Å². The number of rotatable bonds is 8. The summed E-state index contributed by atoms with van der Waals surface area (Å²) in [6, 6.07) is 10.2. The monoisotopic (exact) mass is 355 g/mol. The van der Waals surface area contributed by atoms with Gasteiger partial charge in [-0.3, -0.25) is 4.79 Å². The Balaban J connectivity index is 1.98. The smallest absolute Gasteiger partial charge is 0.338 e. The molecule has 0 radical (unpaired) electrons. The number of benzene rings is 1. The number of aromatic nitrogens is 1. The number of nitrogens with zero attached hydrogens (tertiary/aromatic N) is 2. The standard InChI is InChI=1S/C20H25N3O3/c1-4-6-13-23(3)17-11-12-18(21-14-17)19(24)22-16-9-7-15(8-10-16)20(25)26-5-2/h7-12,14H,4-6,13H2,1-3H3,(H,22,24). The van der Waals surface area contributed by atoms with Crippen molar-refractivity contribution in [2.24, 2.45) is 0 Å². The first-order valence-corrected chi connectivity index (χ1v) is 8.80. The Morgan fingerprint density at radius 1 is 1.12 bits per heavy atom. The Labute approximate surface area is 154 Å². The number of anilines is 2. The van der Waals surface area contributed by atoms with Gasteiger partial charge >= 0.3 is 5.97 Å². The van der Waals surface area contributed by atoms with Gasteiger partial charge in [-0.2, -0.15) is 0 Å². The summed E-state index contributed by atoms with van der Waals surface area (Å²) >= 11 is 0. The van der Waals surface area contributed by atoms with Crippen molar-refractivity contribution in [3.05, 3.63) is 53.9 Å². The first-order chi connectivity index (χ1) is 12.5. The third-order valence-electron chi connectivity index (χ3n) is 3.92. The van der Waals surface area contributed by atoms with E-state index in [1.54, 1.807) is 43.5 Å². The fraction of sp³-hybridized carbons (Fsp3) is 0.350. The van der Waals surface area contributed by atoms with E-state index < -0.39 is 0 Å². The van der Waals surface area contributed by atoms with Gasteiger partial charge in [0.25, 0.3) is 5.91 Å². The quantitative estimate of drug-likeness (QED) is 0.730. The maximum Gasteiger partial charge on any atom is 0.338 e. The van der Waals surface area contributed by atoms with E-state index in [4.69, 9.17) is 4.74 Å². The highest BCUT2D eigenvalue weighted by Crippen LogP contribution is 2.15. The lowest BCUT2D eigenvalue weighted by Gasteiger charge is -2.18. The van der Waals surface area contributed by atoms with Crippen LogP contribution in [0.2, 0.25) is 0 Å². The van der Waals surface area contributed by atoms with E-state index >= 15 is 0 Å². The van der Waals surface area contributed by atoms with E-state index in [2.05, 4.69) is 22.1 Å². The van der Waals surface area contributed by atoms with Crippen molar-refractivity contribution < 1.29 is 14.3 Å². The van der Waals surface area contributed by atoms with Gasteiger partial charge in [0.15, 0.2) is 0 Å². The highest BCUT2D eigenvalue weighted by Gasteiger charge is 2.10. The minimum Gasteiger partial charge on any atom is -0.462 e. The summed E-state index contributed by atoms with van der Waals surface area (Å²) in [7, 11) is 2.01. The van der Waals surface area contributed by atoms with E-state index in [0.717, 1.165) is 25.1 Å². The molecule has 2 rings (SSSR count). The SMILES string of the molecule is CCCCN(C)c1ccc(C(=O)Nc2ccc(C(=O)OCC)cc2)nc1. The van der Waals surface area contributed by atoms with Crippen LogP contribution in [0.25, 0.3) is 0 Å². The molecule has 1 aromatic heterocycles. The summed E-state index contributed by atoms with van der Waals surface area (Å²) in [5.74, 6) is -0.675. The molecule has 2 aromatic rings. The third kappa shape index (κ3) is 5.31. The van der Waals surface area contributed by atoms with Crippen molar-refractivity contribution in [3.8, 4) is 0 Å². The van der Waals surface area contributed by atoms with Crippen molar-refractivity contribution >= 4 is 23.3 Å². The van der Waals surface area contributed by atoms with Gasteiger partial charge in [0.05, 0.1) is 24.1 Å². The fourth-order valence-corrected chi connectivity index (χ4v) is 2.37. The Bertz CT molecular complexity index is 727. The molecular weight excluding hydrogens is 330 g/mol. The molecule has 0 fully saturated rings. The molecule has 1 N–H and O–H groups in total. The first kappa shape index (κ1) is 19.4. The highest BCUT2D eigenvalue weighted by molar-refractivity contribution is 6.03. The number of pyridine rings is 1. The van der Waals surface area contributed by atoms with Gasteiger partial charge in [-0.15, -0.1) is 0 Å². The van der Waals surface area contributed by atoms with Crippen LogP contribution in [0.15, 0.2) is 42.6 Å². The van der Waals surface area contributed by atoms with Crippen LogP contribution < -0.4 is 10.2 Å². The zero-order valence-corrected chi connectivity index (χ0v) is 15.5. The molecule has 0 bridgehead atoms. The van der Waals surface area contributed by atoms with Crippen molar-refractivity contribution in [2.45, 2.75) is 26.7 Å². The molecule has 1 amide bonds. The highest BCUT2D eigenvalue weighted by atomic mass is 16.5. The number of unbranched alkanes of at least 4 members (excludes halogenated alkanes) is 1. The number of hydrogen-bond acceptors (Lipinski definition) is 5. The molecule has 0 aliphatic heterocycles. The molecule has 26 heavy (non-hydrogen) atoms. The molecule has 0 unspecified atom stereocenters. The van der Waals surface area contributed by atoms with Gasteiger partial charge in [0, 0.05) is 19.3 Å². The van der Waals surface area contributed by atoms with Crippen molar-refractivity contribution in [1.29, 1.82) is 0 Å². The second-order valence-corrected chi connectivity index (χ2v) is 5.93. The molecule has 0 spiro atoms. The molecule has 0 saturated heterocycles. The number of carbonyl (C=O) groups excluding carboxylic acids is 2. The largest absolute Gasteiger partial charge is 0.462 e. The van der Waals surface area contributed by atoms with Gasteiger partial charge in [0.1, 0.15) is 5.69 Å². The minimum absolute atomic E-state index is 0.295. The van der Waals surface area contributed by atoms with Gasteiger partial charge in [-0.1, -0.05) is 13.3 Å². The molecule has 1 heterocycles. The molecule has 6 nitrogen and oxygen atoms in total. The zero-order valence-electron chi connectivity index (χ0n) is 15.5. The Morgan fingerprint density at radius 3 is 2.42 bits per heavy atom. The summed E-state index contributed by atoms with van der Waals surface area (Å²) in [4.78, 5) is 30.3. The van der Waals surface area contributed by atoms with Crippen molar-refractivity contribution in [1.82, 2.24) is 4.98 Å². The van der Waals surface area contributed by atoms with Crippen LogP contribution in [-0.4, -0.2) is 37.1 Å². The van der Waals surface area contributed by atoms with Crippen LogP contribution in [0.5, 0.6) is 0 Å². The van der Waals surface area contributed by atoms with E-state index in [1.807, 2.05) is 13.1 Å². The Kier molecular flexibility index (Phi) is 7.14. The van der Waals surface area contributed by atoms with Crippen LogP contribution in [0.1, 0.15) is 47.5 Å². The van der Waals surface area contributed by atoms with Gasteiger partial charge in [0.2, 0.25) is 0 Å². The predicted octanol–water partition coefficient (Wildman–Crippen LogP) is 3.75. The van der Waals surface area contributed by atoms with Crippen molar-refractivity contribution in [3.63, 3.8) is 0 Å². The number of esters is 1. The molecule has 0 aliphatic carbocycles. The lowest BCUT2D eigenvalue weighted by atomic mass is 10.2. The van der Waals surface area contributed by atoms with Gasteiger partial charge in [-0.05, 0) is 49.7 Å². The summed E-state index contributed by atoms with van der Waals surface area (Å²) in [5, 5.41) is 2.77. The fourth-order valence-electron chi connectivity index (χ4n) is 2.37. The van der Waals surface area contributed by atoms with E-state index in [0.29, 0.717) is 23.6 Å². The summed E-state index contributed by atoms with van der Waals surface area (Å²) in [6.07, 6.45) is 3.95. The van der Waals surface area contributed by atoms with Crippen LogP contribution in [0, 0.1) is 0 Å². The van der Waals surface area contributed by atoms with E-state index in [9.17, 15) is 9.59 Å². The van der Waals surface area contributed by atoms with Crippen LogP contribution in [0.4, 0.5) is 11.4 Å². The number of carbonyl (C=O) groups is 2. The number of hydrogen-bond donors (Lipinski definition) is 1. The normalized spacial score (nSPS) is 10.3. The first-order valence-electron chi connectivity index (χ1n) is 8.80. The molecule has 138 valence electrons. The number of ether oxygens (including phenoxy) is 1. The average molecular weight is 355 g/mol. The van der Waals surface area contributed by atoms with Crippen LogP contribution in [0.3, 0.4) is 0 Å². The predicted molar refractivity (Wildman–Crippen MR) is 103 cm³/mol. The Hall–Kier alpha value is -2.89. The second kappa shape index (κ2) is 9.56. The van der Waals surface area contributed by atoms with E-state index in [1.165, 1.54) is 0 Å². The zero-order chi connectivity index (χ0) is 18.9. The van der Waals surface area contributed by atoms with Gasteiger partial charge in [-0.25, -0.2) is 9.78 Å². The molecular formula is C20H25N3O3. The van der Waals surface area contributed by atoms with E-state index in [-0.39, 0.29) is 11.9 Å². The summed E-state index contributed by atoms with van der Waals surface area (Å²) < 4.78 is 4.93. The van der Waals surface area contributed by atoms with Gasteiger partial charge < -0.3 is 15.0 Å².